The quantitative estimate of drug-likeness (QED) is 0.298. The number of allylic oxidation sites excluding steroid dienone is 3. The van der Waals surface area contributed by atoms with Gasteiger partial charge in [0, 0.05) is 16.1 Å². The minimum absolute atomic E-state index is 0.609. The second-order valence-corrected chi connectivity index (χ2v) is 8.51. The van der Waals surface area contributed by atoms with Crippen molar-refractivity contribution in [2.75, 3.05) is 0 Å². The monoisotopic (exact) mass is 460 g/mol. The summed E-state index contributed by atoms with van der Waals surface area (Å²) in [5, 5.41) is 10.1. The highest BCUT2D eigenvalue weighted by molar-refractivity contribution is 6.36. The molecule has 0 aromatic heterocycles. The van der Waals surface area contributed by atoms with E-state index in [4.69, 9.17) is 28.3 Å². The first-order chi connectivity index (χ1) is 15.5. The maximum Gasteiger partial charge on any atom is 0.328 e. The molecule has 1 N–H and O–H groups in total. The summed E-state index contributed by atoms with van der Waals surface area (Å²) in [6, 6.07) is 22.0. The molecule has 0 amide bonds. The molecule has 2 nitrogen and oxygen atoms in total. The third-order valence-corrected chi connectivity index (χ3v) is 6.16. The fourth-order valence-electron chi connectivity index (χ4n) is 4.16. The van der Waals surface area contributed by atoms with E-state index in [9.17, 15) is 4.79 Å². The number of rotatable bonds is 6. The summed E-state index contributed by atoms with van der Waals surface area (Å²) in [5.74, 6) is -0.964. The minimum atomic E-state index is -0.964. The van der Waals surface area contributed by atoms with Crippen LogP contribution in [0.4, 0.5) is 0 Å². The molecule has 0 atom stereocenters. The Bertz CT molecular complexity index is 1260. The Balaban J connectivity index is 1.87. The van der Waals surface area contributed by atoms with Crippen molar-refractivity contribution in [3.05, 3.63) is 116 Å². The molecule has 160 valence electrons. The number of carboxylic acids is 1. The molecule has 0 spiro atoms. The molecule has 0 fully saturated rings. The summed E-state index contributed by atoms with van der Waals surface area (Å²) in [5.41, 5.74) is 8.96. The fourth-order valence-corrected chi connectivity index (χ4v) is 4.68. The van der Waals surface area contributed by atoms with Crippen LogP contribution in [0.2, 0.25) is 10.0 Å². The summed E-state index contributed by atoms with van der Waals surface area (Å²) in [4.78, 5) is 10.8. The van der Waals surface area contributed by atoms with E-state index in [0.29, 0.717) is 10.0 Å². The first-order valence-electron chi connectivity index (χ1n) is 10.4. The minimum Gasteiger partial charge on any atom is -0.478 e. The lowest BCUT2D eigenvalue weighted by Crippen LogP contribution is -1.98. The molecule has 0 unspecified atom stereocenters. The van der Waals surface area contributed by atoms with Gasteiger partial charge in [0.15, 0.2) is 0 Å². The molecule has 0 saturated heterocycles. The number of carbonyl (C=O) groups is 1. The average Bonchev–Trinajstić information content (AvgIpc) is 3.20. The molecule has 0 saturated carbocycles. The SMILES string of the molecule is CC/C(=C(\C1=Cc2ccccc2C1)c1ccc(/C=C/C(=O)O)cc1)c1ccc(Cl)cc1Cl. The maximum atomic E-state index is 10.8. The predicted molar refractivity (Wildman–Crippen MR) is 135 cm³/mol. The summed E-state index contributed by atoms with van der Waals surface area (Å²) in [6.45, 7) is 2.13. The fraction of sp³-hybridized carbons (Fsp3) is 0.107. The zero-order valence-electron chi connectivity index (χ0n) is 17.6. The Hall–Kier alpha value is -3.07. The molecular weight excluding hydrogens is 439 g/mol. The van der Waals surface area contributed by atoms with Crippen LogP contribution in [-0.2, 0) is 11.2 Å². The van der Waals surface area contributed by atoms with Gasteiger partial charge in [0.25, 0.3) is 0 Å². The van der Waals surface area contributed by atoms with Gasteiger partial charge in [-0.25, -0.2) is 4.79 Å². The topological polar surface area (TPSA) is 37.3 Å². The van der Waals surface area contributed by atoms with Crippen LogP contribution < -0.4 is 0 Å². The van der Waals surface area contributed by atoms with Crippen LogP contribution in [0, 0.1) is 0 Å². The first-order valence-corrected chi connectivity index (χ1v) is 11.2. The van der Waals surface area contributed by atoms with Crippen molar-refractivity contribution in [2.45, 2.75) is 19.8 Å². The van der Waals surface area contributed by atoms with Crippen molar-refractivity contribution in [1.82, 2.24) is 0 Å². The summed E-state index contributed by atoms with van der Waals surface area (Å²) >= 11 is 12.8. The van der Waals surface area contributed by atoms with E-state index in [-0.39, 0.29) is 0 Å². The Labute approximate surface area is 198 Å². The van der Waals surface area contributed by atoms with Gasteiger partial charge in [0.05, 0.1) is 0 Å². The van der Waals surface area contributed by atoms with Crippen LogP contribution >= 0.6 is 23.2 Å². The van der Waals surface area contributed by atoms with Gasteiger partial charge in [-0.15, -0.1) is 0 Å². The van der Waals surface area contributed by atoms with E-state index in [1.807, 2.05) is 36.4 Å². The number of hydrogen-bond donors (Lipinski definition) is 1. The van der Waals surface area contributed by atoms with Gasteiger partial charge >= 0.3 is 5.97 Å². The van der Waals surface area contributed by atoms with E-state index >= 15 is 0 Å². The predicted octanol–water partition coefficient (Wildman–Crippen LogP) is 8.05. The molecule has 0 radical (unpaired) electrons. The Kier molecular flexibility index (Phi) is 6.64. The Morgan fingerprint density at radius 2 is 1.78 bits per heavy atom. The van der Waals surface area contributed by atoms with Gasteiger partial charge in [-0.05, 0) is 75.6 Å². The van der Waals surface area contributed by atoms with Crippen molar-refractivity contribution >= 4 is 52.5 Å². The molecule has 0 heterocycles. The number of carboxylic acid groups (broad SMARTS) is 1. The number of halogens is 2. The standard InChI is InChI=1S/C28H22Cl2O2/c1-2-24(25-13-12-23(29)17-26(25)30)28(22-15-20-5-3-4-6-21(20)16-22)19-10-7-18(8-11-19)9-14-27(31)32/h3-15,17H,2,16H2,1H3,(H,31,32)/b14-9+,28-24+. The van der Waals surface area contributed by atoms with Crippen LogP contribution in [0.3, 0.4) is 0 Å². The lowest BCUT2D eigenvalue weighted by atomic mass is 9.87. The molecule has 3 aromatic carbocycles. The highest BCUT2D eigenvalue weighted by Gasteiger charge is 2.21. The number of benzene rings is 3. The summed E-state index contributed by atoms with van der Waals surface area (Å²) < 4.78 is 0. The summed E-state index contributed by atoms with van der Waals surface area (Å²) in [7, 11) is 0. The largest absolute Gasteiger partial charge is 0.478 e. The van der Waals surface area contributed by atoms with Gasteiger partial charge in [-0.1, -0.05) is 90.8 Å². The van der Waals surface area contributed by atoms with Gasteiger partial charge in [-0.2, -0.15) is 0 Å². The number of fused-ring (bicyclic) bond motifs is 1. The first kappa shape index (κ1) is 22.1. The molecule has 3 aromatic rings. The van der Waals surface area contributed by atoms with E-state index in [1.165, 1.54) is 16.7 Å². The third kappa shape index (κ3) is 4.72. The van der Waals surface area contributed by atoms with Crippen molar-refractivity contribution < 1.29 is 9.90 Å². The molecule has 32 heavy (non-hydrogen) atoms. The van der Waals surface area contributed by atoms with Crippen LogP contribution in [0.15, 0.2) is 78.4 Å². The van der Waals surface area contributed by atoms with E-state index in [1.54, 1.807) is 12.1 Å². The van der Waals surface area contributed by atoms with Gasteiger partial charge in [0.2, 0.25) is 0 Å². The zero-order chi connectivity index (χ0) is 22.7. The molecule has 4 heteroatoms. The lowest BCUT2D eigenvalue weighted by molar-refractivity contribution is -0.131. The highest BCUT2D eigenvalue weighted by atomic mass is 35.5. The van der Waals surface area contributed by atoms with Crippen LogP contribution in [0.1, 0.15) is 41.2 Å². The number of hydrogen-bond acceptors (Lipinski definition) is 1. The van der Waals surface area contributed by atoms with Crippen LogP contribution in [-0.4, -0.2) is 11.1 Å². The van der Waals surface area contributed by atoms with E-state index in [2.05, 4.69) is 37.3 Å². The molecule has 4 rings (SSSR count). The van der Waals surface area contributed by atoms with Gasteiger partial charge in [-0.3, -0.25) is 0 Å². The highest BCUT2D eigenvalue weighted by Crippen LogP contribution is 2.42. The second-order valence-electron chi connectivity index (χ2n) is 7.67. The van der Waals surface area contributed by atoms with E-state index < -0.39 is 5.97 Å². The van der Waals surface area contributed by atoms with Crippen LogP contribution in [0.25, 0.3) is 23.3 Å². The second kappa shape index (κ2) is 9.60. The van der Waals surface area contributed by atoms with Crippen molar-refractivity contribution in [1.29, 1.82) is 0 Å². The number of aliphatic carboxylic acids is 1. The lowest BCUT2D eigenvalue weighted by Gasteiger charge is -2.18. The maximum absolute atomic E-state index is 10.8. The van der Waals surface area contributed by atoms with Crippen molar-refractivity contribution in [2.24, 2.45) is 0 Å². The molecule has 0 bridgehead atoms. The molecule has 1 aliphatic rings. The van der Waals surface area contributed by atoms with Crippen molar-refractivity contribution in [3.8, 4) is 0 Å². The van der Waals surface area contributed by atoms with Gasteiger partial charge in [0.1, 0.15) is 0 Å². The Morgan fingerprint density at radius 1 is 1.03 bits per heavy atom. The third-order valence-electron chi connectivity index (χ3n) is 5.62. The molecule has 0 aliphatic heterocycles. The normalized spacial score (nSPS) is 13.7. The van der Waals surface area contributed by atoms with Crippen molar-refractivity contribution in [3.63, 3.8) is 0 Å². The summed E-state index contributed by atoms with van der Waals surface area (Å²) in [6.07, 6.45) is 6.64. The molecular formula is C28H22Cl2O2. The Morgan fingerprint density at radius 3 is 2.44 bits per heavy atom. The molecule has 1 aliphatic carbocycles. The zero-order valence-corrected chi connectivity index (χ0v) is 19.1. The van der Waals surface area contributed by atoms with Gasteiger partial charge < -0.3 is 5.11 Å². The average molecular weight is 461 g/mol. The van der Waals surface area contributed by atoms with Crippen LogP contribution in [0.5, 0.6) is 0 Å². The smallest absolute Gasteiger partial charge is 0.328 e. The van der Waals surface area contributed by atoms with E-state index in [0.717, 1.165) is 46.8 Å².